The third kappa shape index (κ3) is 5.59. The Kier molecular flexibility index (Phi) is 7.91. The first-order valence-corrected chi connectivity index (χ1v) is 23.2. The summed E-state index contributed by atoms with van der Waals surface area (Å²) < 4.78 is 16.2. The van der Waals surface area contributed by atoms with E-state index in [1.807, 2.05) is 6.07 Å². The van der Waals surface area contributed by atoms with E-state index >= 15 is 0 Å². The van der Waals surface area contributed by atoms with Crippen LogP contribution in [0.4, 0.5) is 11.4 Å². The van der Waals surface area contributed by atoms with Crippen LogP contribution in [0.2, 0.25) is 0 Å². The summed E-state index contributed by atoms with van der Waals surface area (Å²) in [5, 5.41) is 5.76. The van der Waals surface area contributed by atoms with Crippen molar-refractivity contribution in [2.45, 2.75) is 64.2 Å². The fraction of sp³-hybridized carbons (Fsp3) is 0.153. The summed E-state index contributed by atoms with van der Waals surface area (Å²) in [5.41, 5.74) is 20.5. The Labute approximate surface area is 384 Å². The lowest BCUT2D eigenvalue weighted by Gasteiger charge is -2.42. The molecule has 13 rings (SSSR count). The predicted octanol–water partition coefficient (Wildman–Crippen LogP) is 15.2. The van der Waals surface area contributed by atoms with Gasteiger partial charge in [0.05, 0.1) is 11.0 Å². The Morgan fingerprint density at radius 3 is 1.98 bits per heavy atom. The largest absolute Gasteiger partial charge is 0.456 e. The monoisotopic (exact) mass is 858 g/mol. The molecule has 0 spiro atoms. The van der Waals surface area contributed by atoms with Gasteiger partial charge in [-0.05, 0) is 105 Å². The molecule has 3 aromatic heterocycles. The molecule has 2 aliphatic rings. The SMILES string of the molecule is Cc1ccccc1-c1cc2c3ccc4c5c3n(c2cc1S)-c1cc2oc(-c3ccccc3)cc2cc1B5N(c1ccc(C(C)(C)C)cc1)c1cc2oc3cc(C(C)(C)C)ccc3c2cc1-4. The minimum Gasteiger partial charge on any atom is -0.456 e. The molecule has 0 bridgehead atoms. The van der Waals surface area contributed by atoms with Crippen LogP contribution in [-0.2, 0) is 10.8 Å². The van der Waals surface area contributed by atoms with E-state index in [4.69, 9.17) is 21.5 Å². The highest BCUT2D eigenvalue weighted by Crippen LogP contribution is 2.49. The molecule has 0 radical (unpaired) electrons. The maximum atomic E-state index is 6.87. The second-order valence-electron chi connectivity index (χ2n) is 20.4. The van der Waals surface area contributed by atoms with Crippen molar-refractivity contribution in [2.75, 3.05) is 4.81 Å². The third-order valence-corrected chi connectivity index (χ3v) is 14.7. The van der Waals surface area contributed by atoms with Gasteiger partial charge in [0.15, 0.2) is 0 Å². The summed E-state index contributed by atoms with van der Waals surface area (Å²) in [6.45, 7) is 15.6. The number of benzene rings is 8. The van der Waals surface area contributed by atoms with Crippen LogP contribution in [0.3, 0.4) is 0 Å². The van der Waals surface area contributed by atoms with E-state index in [2.05, 4.69) is 203 Å². The molecule has 0 saturated heterocycles. The van der Waals surface area contributed by atoms with Gasteiger partial charge in [0.1, 0.15) is 22.5 Å². The molecule has 65 heavy (non-hydrogen) atoms. The lowest BCUT2D eigenvalue weighted by atomic mass is 9.44. The Hall–Kier alpha value is -6.89. The molecule has 0 saturated carbocycles. The standard InChI is InChI=1S/C59H47BN2O2S/c1-33-13-11-12-16-39(33)46-29-44-42-24-23-41-43-28-45-40-22-19-37(59(5,6)7)27-53(40)64-54(45)30-49(43)62(38-20-17-36(18-21-38)58(2,3)4)60-47-25-35-26-51(34-14-9-8-10-15-34)63-52(35)31-50(47)61(57(42)56(41)60)48(44)32-55(46)65/h8-32,65H,1-7H3. The number of fused-ring (bicyclic) bond motifs is 12. The number of aryl methyl sites for hydroxylation is 1. The molecule has 8 aromatic carbocycles. The Balaban J connectivity index is 1.16. The van der Waals surface area contributed by atoms with Crippen LogP contribution in [0, 0.1) is 6.92 Å². The van der Waals surface area contributed by atoms with E-state index < -0.39 is 0 Å². The van der Waals surface area contributed by atoms with Gasteiger partial charge >= 0.3 is 6.85 Å². The van der Waals surface area contributed by atoms with Crippen molar-refractivity contribution in [3.05, 3.63) is 168 Å². The normalized spacial score (nSPS) is 13.5. The quantitative estimate of drug-likeness (QED) is 0.142. The average Bonchev–Trinajstić information content (AvgIpc) is 3.98. The molecule has 4 nitrogen and oxygen atoms in total. The number of thiol groups is 1. The second kappa shape index (κ2) is 13.3. The number of hydrogen-bond acceptors (Lipinski definition) is 4. The lowest BCUT2D eigenvalue weighted by molar-refractivity contribution is 0.587. The first kappa shape index (κ1) is 38.6. The van der Waals surface area contributed by atoms with Gasteiger partial charge in [-0.3, -0.25) is 0 Å². The number of anilines is 2. The molecule has 314 valence electrons. The minimum atomic E-state index is -0.173. The molecule has 2 aliphatic heterocycles. The molecule has 0 unspecified atom stereocenters. The van der Waals surface area contributed by atoms with E-state index in [0.29, 0.717) is 0 Å². The zero-order valence-electron chi connectivity index (χ0n) is 37.7. The van der Waals surface area contributed by atoms with E-state index in [0.717, 1.165) is 77.3 Å². The molecule has 0 atom stereocenters. The molecule has 6 heteroatoms. The number of furan rings is 2. The highest BCUT2D eigenvalue weighted by molar-refractivity contribution is 7.80. The van der Waals surface area contributed by atoms with Crippen molar-refractivity contribution < 1.29 is 8.83 Å². The summed E-state index contributed by atoms with van der Waals surface area (Å²) in [6, 6.07) is 56.1. The fourth-order valence-electron chi connectivity index (χ4n) is 10.9. The van der Waals surface area contributed by atoms with Crippen molar-refractivity contribution >= 4 is 96.5 Å². The zero-order chi connectivity index (χ0) is 44.3. The molecular formula is C59H47BN2O2S. The van der Waals surface area contributed by atoms with Crippen LogP contribution in [0.25, 0.3) is 94.0 Å². The van der Waals surface area contributed by atoms with Gasteiger partial charge in [0.2, 0.25) is 0 Å². The van der Waals surface area contributed by atoms with E-state index in [9.17, 15) is 0 Å². The smallest absolute Gasteiger partial charge is 0.333 e. The van der Waals surface area contributed by atoms with Crippen molar-refractivity contribution in [3.63, 3.8) is 0 Å². The van der Waals surface area contributed by atoms with Gasteiger partial charge in [-0.2, -0.15) is 0 Å². The number of nitrogens with zero attached hydrogens (tertiary/aromatic N) is 2. The van der Waals surface area contributed by atoms with Crippen molar-refractivity contribution in [1.29, 1.82) is 0 Å². The minimum absolute atomic E-state index is 0.00225. The third-order valence-electron chi connectivity index (χ3n) is 14.3. The average molecular weight is 859 g/mol. The first-order chi connectivity index (χ1) is 31.3. The van der Waals surface area contributed by atoms with E-state index in [1.165, 1.54) is 60.6 Å². The number of hydrogen-bond donors (Lipinski definition) is 1. The molecule has 11 aromatic rings. The maximum Gasteiger partial charge on any atom is 0.333 e. The topological polar surface area (TPSA) is 34.5 Å². The van der Waals surface area contributed by atoms with E-state index in [-0.39, 0.29) is 17.7 Å². The van der Waals surface area contributed by atoms with Crippen LogP contribution in [0.15, 0.2) is 165 Å². The van der Waals surface area contributed by atoms with E-state index in [1.54, 1.807) is 0 Å². The Morgan fingerprint density at radius 2 is 1.22 bits per heavy atom. The van der Waals surface area contributed by atoms with Gasteiger partial charge < -0.3 is 18.2 Å². The van der Waals surface area contributed by atoms with Crippen LogP contribution < -0.4 is 15.7 Å². The lowest BCUT2D eigenvalue weighted by Crippen LogP contribution is -2.60. The molecule has 0 amide bonds. The van der Waals surface area contributed by atoms with Crippen LogP contribution >= 0.6 is 12.6 Å². The zero-order valence-corrected chi connectivity index (χ0v) is 38.6. The molecular weight excluding hydrogens is 812 g/mol. The summed E-state index contributed by atoms with van der Waals surface area (Å²) in [6.07, 6.45) is 0. The van der Waals surface area contributed by atoms with Crippen LogP contribution in [-0.4, -0.2) is 11.4 Å². The van der Waals surface area contributed by atoms with Crippen LogP contribution in [0.5, 0.6) is 0 Å². The Bertz CT molecular complexity index is 3820. The van der Waals surface area contributed by atoms with Crippen molar-refractivity contribution in [2.24, 2.45) is 0 Å². The maximum absolute atomic E-state index is 6.87. The summed E-state index contributed by atoms with van der Waals surface area (Å²) in [5.74, 6) is 0.856. The van der Waals surface area contributed by atoms with Crippen molar-refractivity contribution in [1.82, 2.24) is 4.57 Å². The molecule has 0 aliphatic carbocycles. The Morgan fingerprint density at radius 1 is 0.523 bits per heavy atom. The molecule has 0 N–H and O–H groups in total. The van der Waals surface area contributed by atoms with Crippen LogP contribution in [0.1, 0.15) is 58.2 Å². The highest BCUT2D eigenvalue weighted by Gasteiger charge is 2.45. The van der Waals surface area contributed by atoms with Gasteiger partial charge in [-0.15, -0.1) is 12.6 Å². The predicted molar refractivity (Wildman–Crippen MR) is 277 cm³/mol. The van der Waals surface area contributed by atoms with Gasteiger partial charge in [-0.1, -0.05) is 139 Å². The number of aromatic nitrogens is 1. The number of rotatable bonds is 3. The molecule has 0 fully saturated rings. The second-order valence-corrected chi connectivity index (χ2v) is 20.9. The van der Waals surface area contributed by atoms with Gasteiger partial charge in [0, 0.05) is 72.1 Å². The van der Waals surface area contributed by atoms with Crippen molar-refractivity contribution in [3.8, 4) is 39.3 Å². The summed E-state index contributed by atoms with van der Waals surface area (Å²) in [4.78, 5) is 3.53. The fourth-order valence-corrected chi connectivity index (χ4v) is 11.2. The highest BCUT2D eigenvalue weighted by atomic mass is 32.1. The molecule has 5 heterocycles. The van der Waals surface area contributed by atoms with Gasteiger partial charge in [0.25, 0.3) is 0 Å². The van der Waals surface area contributed by atoms with Gasteiger partial charge in [-0.25, -0.2) is 0 Å². The summed E-state index contributed by atoms with van der Waals surface area (Å²) in [7, 11) is 0. The summed E-state index contributed by atoms with van der Waals surface area (Å²) >= 11 is 5.24. The first-order valence-electron chi connectivity index (χ1n) is 22.7.